The van der Waals surface area contributed by atoms with Crippen LogP contribution in [0.4, 0.5) is 0 Å². The van der Waals surface area contributed by atoms with Gasteiger partial charge in [-0.25, -0.2) is 8.42 Å². The predicted molar refractivity (Wildman–Crippen MR) is 62.7 cm³/mol. The van der Waals surface area contributed by atoms with Gasteiger partial charge in [0.1, 0.15) is 0 Å². The van der Waals surface area contributed by atoms with E-state index in [9.17, 15) is 18.3 Å². The van der Waals surface area contributed by atoms with Crippen LogP contribution in [0.2, 0.25) is 0 Å². The van der Waals surface area contributed by atoms with Crippen LogP contribution in [0.15, 0.2) is 11.6 Å². The minimum Gasteiger partial charge on any atom is -0.479 e. The third-order valence-corrected chi connectivity index (χ3v) is 5.47. The first-order chi connectivity index (χ1) is 8.41. The number of methoxy groups -OCH3 is 1. The summed E-state index contributed by atoms with van der Waals surface area (Å²) < 4.78 is 29.9. The van der Waals surface area contributed by atoms with Gasteiger partial charge in [0.15, 0.2) is 11.1 Å². The molecule has 0 aromatic heterocycles. The van der Waals surface area contributed by atoms with Gasteiger partial charge >= 0.3 is 5.95 Å². The fraction of sp³-hybridized carbons (Fsp3) is 0.700. The molecule has 0 aromatic carbocycles. The van der Waals surface area contributed by atoms with Crippen LogP contribution < -0.4 is 0 Å². The van der Waals surface area contributed by atoms with Crippen LogP contribution in [0.3, 0.4) is 0 Å². The molecule has 102 valence electrons. The van der Waals surface area contributed by atoms with E-state index in [4.69, 9.17) is 0 Å². The molecule has 0 bridgehead atoms. The summed E-state index contributed by atoms with van der Waals surface area (Å²) in [5, 5.41) is 8.73. The molecule has 0 aromatic rings. The van der Waals surface area contributed by atoms with Gasteiger partial charge in [-0.1, -0.05) is 0 Å². The van der Waals surface area contributed by atoms with E-state index in [1.807, 2.05) is 0 Å². The van der Waals surface area contributed by atoms with Crippen molar-refractivity contribution >= 4 is 15.9 Å². The maximum Gasteiger partial charge on any atom is 0.307 e. The van der Waals surface area contributed by atoms with Crippen molar-refractivity contribution in [1.29, 1.82) is 0 Å². The molecular formula is C10H16N2O5S. The van der Waals surface area contributed by atoms with Crippen molar-refractivity contribution in [2.24, 2.45) is 0 Å². The molecule has 2 aliphatic heterocycles. The number of fused-ring (bicyclic) bond motifs is 1. The fourth-order valence-electron chi connectivity index (χ4n) is 2.35. The molecule has 2 heterocycles. The second-order valence-corrected chi connectivity index (χ2v) is 6.44. The summed E-state index contributed by atoms with van der Waals surface area (Å²) in [6, 6.07) is 0. The third-order valence-electron chi connectivity index (χ3n) is 3.35. The van der Waals surface area contributed by atoms with Crippen LogP contribution in [0.5, 0.6) is 0 Å². The van der Waals surface area contributed by atoms with Gasteiger partial charge < -0.3 is 14.7 Å². The molecule has 1 amide bonds. The molecule has 1 N–H and O–H groups in total. The lowest BCUT2D eigenvalue weighted by molar-refractivity contribution is -0.131. The second kappa shape index (κ2) is 4.34. The van der Waals surface area contributed by atoms with Crippen LogP contribution in [0, 0.1) is 0 Å². The van der Waals surface area contributed by atoms with E-state index >= 15 is 0 Å². The average molecular weight is 276 g/mol. The smallest absolute Gasteiger partial charge is 0.307 e. The lowest BCUT2D eigenvalue weighted by Crippen LogP contribution is -2.58. The zero-order chi connectivity index (χ0) is 13.5. The topological polar surface area (TPSA) is 87.1 Å². The van der Waals surface area contributed by atoms with Gasteiger partial charge in [0.05, 0.1) is 7.11 Å². The van der Waals surface area contributed by atoms with Crippen molar-refractivity contribution in [2.75, 3.05) is 20.7 Å². The molecule has 2 rings (SSSR count). The number of piperidine rings is 1. The number of aliphatic hydroxyl groups is 1. The zero-order valence-corrected chi connectivity index (χ0v) is 11.1. The van der Waals surface area contributed by atoms with Crippen molar-refractivity contribution in [2.45, 2.75) is 24.6 Å². The highest BCUT2D eigenvalue weighted by Crippen LogP contribution is 2.32. The number of likely N-dealkylation sites (N-methyl/N-ethyl adjacent to an activating group) is 1. The molecule has 0 saturated carbocycles. The molecule has 1 unspecified atom stereocenters. The van der Waals surface area contributed by atoms with E-state index in [2.05, 4.69) is 4.74 Å². The van der Waals surface area contributed by atoms with E-state index in [0.29, 0.717) is 13.0 Å². The number of carbonyl (C=O) groups is 1. The Morgan fingerprint density at radius 2 is 2.11 bits per heavy atom. The Morgan fingerprint density at radius 1 is 1.44 bits per heavy atom. The SMILES string of the molecule is COC(O)=C1C(=O)N2CCCCC2S(=O)(=O)N1C. The molecule has 8 heteroatoms. The van der Waals surface area contributed by atoms with Gasteiger partial charge in [0.2, 0.25) is 0 Å². The molecule has 7 nitrogen and oxygen atoms in total. The quantitative estimate of drug-likeness (QED) is 0.537. The number of sulfonamides is 1. The summed E-state index contributed by atoms with van der Waals surface area (Å²) >= 11 is 0. The molecule has 2 aliphatic rings. The highest BCUT2D eigenvalue weighted by molar-refractivity contribution is 7.89. The number of carbonyl (C=O) groups excluding carboxylic acids is 1. The highest BCUT2D eigenvalue weighted by atomic mass is 32.2. The molecule has 0 radical (unpaired) electrons. The number of rotatable bonds is 1. The van der Waals surface area contributed by atoms with E-state index in [-0.39, 0.29) is 5.70 Å². The van der Waals surface area contributed by atoms with Crippen molar-refractivity contribution < 1.29 is 23.1 Å². The van der Waals surface area contributed by atoms with Crippen molar-refractivity contribution in [3.05, 3.63) is 11.6 Å². The number of hydrogen-bond acceptors (Lipinski definition) is 5. The standard InChI is InChI=1S/C10H16N2O5S/c1-11-8(10(14)17-2)9(13)12-6-4-3-5-7(12)18(11,15)16/h7,14H,3-6H2,1-2H3. The first-order valence-electron chi connectivity index (χ1n) is 5.67. The number of aliphatic hydroxyl groups excluding tert-OH is 1. The van der Waals surface area contributed by atoms with Crippen LogP contribution >= 0.6 is 0 Å². The Bertz CT molecular complexity index is 498. The monoisotopic (exact) mass is 276 g/mol. The molecule has 18 heavy (non-hydrogen) atoms. The lowest BCUT2D eigenvalue weighted by Gasteiger charge is -2.42. The summed E-state index contributed by atoms with van der Waals surface area (Å²) in [5.74, 6) is -1.17. The first-order valence-corrected chi connectivity index (χ1v) is 7.17. The third kappa shape index (κ3) is 1.71. The highest BCUT2D eigenvalue weighted by Gasteiger charge is 2.48. The Labute approximate surface area is 106 Å². The zero-order valence-electron chi connectivity index (χ0n) is 10.3. The summed E-state index contributed by atoms with van der Waals surface area (Å²) in [4.78, 5) is 13.5. The number of hydrogen-bond donors (Lipinski definition) is 1. The molecule has 1 atom stereocenters. The van der Waals surface area contributed by atoms with E-state index in [1.165, 1.54) is 19.1 Å². The predicted octanol–water partition coefficient (Wildman–Crippen LogP) is -0.0263. The van der Waals surface area contributed by atoms with Gasteiger partial charge in [-0.15, -0.1) is 0 Å². The average Bonchev–Trinajstić information content (AvgIpc) is 2.37. The van der Waals surface area contributed by atoms with Crippen LogP contribution in [-0.4, -0.2) is 54.7 Å². The first kappa shape index (κ1) is 13.0. The van der Waals surface area contributed by atoms with Gasteiger partial charge in [-0.2, -0.15) is 0 Å². The van der Waals surface area contributed by atoms with Crippen molar-refractivity contribution in [1.82, 2.24) is 9.21 Å². The maximum atomic E-state index is 12.3. The van der Waals surface area contributed by atoms with Gasteiger partial charge in [-0.05, 0) is 19.3 Å². The normalized spacial score (nSPS) is 29.9. The van der Waals surface area contributed by atoms with Gasteiger partial charge in [0, 0.05) is 13.6 Å². The van der Waals surface area contributed by atoms with Gasteiger partial charge in [0.25, 0.3) is 15.9 Å². The van der Waals surface area contributed by atoms with Crippen molar-refractivity contribution in [3.8, 4) is 0 Å². The number of amides is 1. The van der Waals surface area contributed by atoms with E-state index in [0.717, 1.165) is 17.1 Å². The Hall–Kier alpha value is -1.44. The largest absolute Gasteiger partial charge is 0.479 e. The minimum absolute atomic E-state index is 0.323. The molecule has 0 spiro atoms. The van der Waals surface area contributed by atoms with Crippen LogP contribution in [0.1, 0.15) is 19.3 Å². The van der Waals surface area contributed by atoms with Gasteiger partial charge in [-0.3, -0.25) is 9.10 Å². The Kier molecular flexibility index (Phi) is 3.14. The molecule has 0 aliphatic carbocycles. The van der Waals surface area contributed by atoms with Crippen LogP contribution in [0.25, 0.3) is 0 Å². The Morgan fingerprint density at radius 3 is 2.72 bits per heavy atom. The number of ether oxygens (including phenoxy) is 1. The summed E-state index contributed by atoms with van der Waals surface area (Å²) in [5.41, 5.74) is -0.323. The summed E-state index contributed by atoms with van der Waals surface area (Å²) in [6.07, 6.45) is 1.97. The summed E-state index contributed by atoms with van der Waals surface area (Å²) in [7, 11) is -1.23. The summed E-state index contributed by atoms with van der Waals surface area (Å²) in [6.45, 7) is 0.386. The van der Waals surface area contributed by atoms with E-state index in [1.54, 1.807) is 0 Å². The Balaban J connectivity index is 2.53. The van der Waals surface area contributed by atoms with E-state index < -0.39 is 27.2 Å². The molecule has 2 saturated heterocycles. The molecular weight excluding hydrogens is 260 g/mol. The van der Waals surface area contributed by atoms with Crippen LogP contribution in [-0.2, 0) is 19.6 Å². The minimum atomic E-state index is -3.66. The number of nitrogens with zero attached hydrogens (tertiary/aromatic N) is 2. The maximum absolute atomic E-state index is 12.3. The fourth-order valence-corrected chi connectivity index (χ4v) is 4.11. The second-order valence-electron chi connectivity index (χ2n) is 4.32. The molecule has 2 fully saturated rings. The van der Waals surface area contributed by atoms with Crippen molar-refractivity contribution in [3.63, 3.8) is 0 Å². The lowest BCUT2D eigenvalue weighted by atomic mass is 10.1.